The van der Waals surface area contributed by atoms with E-state index in [-0.39, 0.29) is 0 Å². The van der Waals surface area contributed by atoms with Gasteiger partial charge in [0, 0.05) is 54.7 Å². The molecular formula is C57H36N6O. The number of benzene rings is 9. The van der Waals surface area contributed by atoms with Crippen molar-refractivity contribution in [1.29, 1.82) is 0 Å². The number of anilines is 1. The van der Waals surface area contributed by atoms with Gasteiger partial charge in [-0.2, -0.15) is 0 Å². The Hall–Kier alpha value is -8.81. The lowest BCUT2D eigenvalue weighted by molar-refractivity contribution is 0.669. The third-order valence-electron chi connectivity index (χ3n) is 12.5. The highest BCUT2D eigenvalue weighted by Gasteiger charge is 2.23. The van der Waals surface area contributed by atoms with E-state index < -0.39 is 0 Å². The molecule has 0 saturated heterocycles. The van der Waals surface area contributed by atoms with Crippen LogP contribution in [0.4, 0.5) is 5.69 Å². The average Bonchev–Trinajstić information content (AvgIpc) is 4.02. The maximum atomic E-state index is 7.25. The largest absolute Gasteiger partial charge is 0.456 e. The van der Waals surface area contributed by atoms with Crippen LogP contribution in [0.15, 0.2) is 211 Å². The van der Waals surface area contributed by atoms with Crippen LogP contribution in [0, 0.1) is 0 Å². The summed E-state index contributed by atoms with van der Waals surface area (Å²) in [5.74, 6) is 1.72. The normalized spacial score (nSPS) is 11.8. The molecule has 7 nitrogen and oxygen atoms in total. The van der Waals surface area contributed by atoms with Crippen molar-refractivity contribution in [3.8, 4) is 56.7 Å². The fourth-order valence-electron chi connectivity index (χ4n) is 9.61. The van der Waals surface area contributed by atoms with E-state index in [1.54, 1.807) is 0 Å². The molecule has 13 rings (SSSR count). The second kappa shape index (κ2) is 14.1. The van der Waals surface area contributed by atoms with Crippen molar-refractivity contribution in [3.63, 3.8) is 0 Å². The van der Waals surface area contributed by atoms with Gasteiger partial charge in [-0.15, -0.1) is 0 Å². The Bertz CT molecular complexity index is 3980. The Morgan fingerprint density at radius 3 is 1.72 bits per heavy atom. The Balaban J connectivity index is 1.01. The smallest absolute Gasteiger partial charge is 0.164 e. The highest BCUT2D eigenvalue weighted by Crippen LogP contribution is 2.44. The van der Waals surface area contributed by atoms with E-state index in [1.807, 2.05) is 54.6 Å². The van der Waals surface area contributed by atoms with Gasteiger partial charge in [0.05, 0.1) is 33.4 Å². The van der Waals surface area contributed by atoms with E-state index in [0.29, 0.717) is 23.2 Å². The van der Waals surface area contributed by atoms with Gasteiger partial charge in [0.2, 0.25) is 0 Å². The minimum Gasteiger partial charge on any atom is -0.456 e. The third-order valence-corrected chi connectivity index (χ3v) is 12.5. The molecule has 0 atom stereocenters. The summed E-state index contributed by atoms with van der Waals surface area (Å²) in [6.07, 6.45) is 0. The SMILES string of the molecule is Nc1cc(-c2nc(-c3ccccc3)nc(-c3cccc(-c4ccccc4)c3)n2)ccc1-n1c2ccccc2c2ccc3c(c4ccccc4n3-c3ccc4oc5ccccc5c4c3)c21. The van der Waals surface area contributed by atoms with Crippen LogP contribution in [-0.4, -0.2) is 24.1 Å². The summed E-state index contributed by atoms with van der Waals surface area (Å²) in [5, 5.41) is 6.79. The number of furan rings is 1. The van der Waals surface area contributed by atoms with Gasteiger partial charge in [-0.05, 0) is 77.9 Å². The topological polar surface area (TPSA) is 87.7 Å². The van der Waals surface area contributed by atoms with Crippen molar-refractivity contribution < 1.29 is 4.42 Å². The molecule has 7 heteroatoms. The summed E-state index contributed by atoms with van der Waals surface area (Å²) < 4.78 is 10.9. The van der Waals surface area contributed by atoms with Crippen molar-refractivity contribution >= 4 is 71.2 Å². The standard InChI is InChI=1S/C57H36N6O/c58-46-33-39(57-60-55(36-16-5-2-6-17-36)59-56(61-57)38-19-13-18-37(32-38)35-14-3-1-4-15-35)26-29-49(46)63-47-23-10-7-20-41(47)43-28-30-50-53(54(43)63)44-22-8-11-24-48(44)62(50)40-27-31-52-45(34-40)42-21-9-12-25-51(42)64-52/h1-34H,58H2. The molecule has 300 valence electrons. The molecule has 0 spiro atoms. The number of hydrogen-bond donors (Lipinski definition) is 1. The van der Waals surface area contributed by atoms with E-state index in [0.717, 1.165) is 105 Å². The predicted molar refractivity (Wildman–Crippen MR) is 262 cm³/mol. The number of nitrogens with two attached hydrogens (primary N) is 1. The molecule has 4 heterocycles. The Morgan fingerprint density at radius 1 is 0.359 bits per heavy atom. The zero-order valence-electron chi connectivity index (χ0n) is 34.4. The van der Waals surface area contributed by atoms with Gasteiger partial charge in [-0.25, -0.2) is 15.0 Å². The van der Waals surface area contributed by atoms with Crippen LogP contribution < -0.4 is 5.73 Å². The number of fused-ring (bicyclic) bond motifs is 10. The molecule has 2 N–H and O–H groups in total. The number of hydrogen-bond acceptors (Lipinski definition) is 5. The molecule has 0 bridgehead atoms. The fourth-order valence-corrected chi connectivity index (χ4v) is 9.61. The molecule has 4 aromatic heterocycles. The molecule has 13 aromatic rings. The monoisotopic (exact) mass is 820 g/mol. The van der Waals surface area contributed by atoms with Gasteiger partial charge in [0.1, 0.15) is 11.2 Å². The summed E-state index contributed by atoms with van der Waals surface area (Å²) >= 11 is 0. The van der Waals surface area contributed by atoms with Crippen LogP contribution in [0.3, 0.4) is 0 Å². The lowest BCUT2D eigenvalue weighted by atomic mass is 10.0. The Labute approximate surface area is 366 Å². The molecule has 0 aliphatic heterocycles. The molecular weight excluding hydrogens is 785 g/mol. The molecule has 64 heavy (non-hydrogen) atoms. The van der Waals surface area contributed by atoms with Crippen LogP contribution >= 0.6 is 0 Å². The lowest BCUT2D eigenvalue weighted by Gasteiger charge is -2.14. The Kier molecular flexibility index (Phi) is 7.92. The van der Waals surface area contributed by atoms with Crippen LogP contribution in [-0.2, 0) is 0 Å². The van der Waals surface area contributed by atoms with Crippen molar-refractivity contribution in [2.24, 2.45) is 0 Å². The number of aromatic nitrogens is 5. The van der Waals surface area contributed by atoms with Crippen molar-refractivity contribution in [2.45, 2.75) is 0 Å². The number of nitrogen functional groups attached to an aromatic ring is 1. The first-order valence-electron chi connectivity index (χ1n) is 21.4. The summed E-state index contributed by atoms with van der Waals surface area (Å²) in [6.45, 7) is 0. The first-order valence-corrected chi connectivity index (χ1v) is 21.4. The third kappa shape index (κ3) is 5.58. The molecule has 9 aromatic carbocycles. The second-order valence-corrected chi connectivity index (χ2v) is 16.2. The lowest BCUT2D eigenvalue weighted by Crippen LogP contribution is -2.03. The zero-order chi connectivity index (χ0) is 42.3. The molecule has 0 aliphatic rings. The van der Waals surface area contributed by atoms with Crippen LogP contribution in [0.2, 0.25) is 0 Å². The highest BCUT2D eigenvalue weighted by atomic mass is 16.3. The molecule has 0 saturated carbocycles. The fraction of sp³-hybridized carbons (Fsp3) is 0. The summed E-state index contributed by atoms with van der Waals surface area (Å²) in [7, 11) is 0. The van der Waals surface area contributed by atoms with Gasteiger partial charge < -0.3 is 19.3 Å². The number of rotatable bonds is 6. The van der Waals surface area contributed by atoms with E-state index in [4.69, 9.17) is 25.1 Å². The molecule has 0 aliphatic carbocycles. The quantitative estimate of drug-likeness (QED) is 0.169. The van der Waals surface area contributed by atoms with Gasteiger partial charge >= 0.3 is 0 Å². The van der Waals surface area contributed by atoms with Gasteiger partial charge in [-0.3, -0.25) is 0 Å². The van der Waals surface area contributed by atoms with Crippen LogP contribution in [0.5, 0.6) is 0 Å². The predicted octanol–water partition coefficient (Wildman–Crippen LogP) is 14.2. The molecule has 0 radical (unpaired) electrons. The van der Waals surface area contributed by atoms with E-state index >= 15 is 0 Å². The highest BCUT2D eigenvalue weighted by molar-refractivity contribution is 6.26. The van der Waals surface area contributed by atoms with E-state index in [1.165, 1.54) is 0 Å². The van der Waals surface area contributed by atoms with Crippen molar-refractivity contribution in [3.05, 3.63) is 206 Å². The minimum absolute atomic E-state index is 0.544. The summed E-state index contributed by atoms with van der Waals surface area (Å²) in [5.41, 5.74) is 20.7. The van der Waals surface area contributed by atoms with Gasteiger partial charge in [0.15, 0.2) is 17.5 Å². The van der Waals surface area contributed by atoms with E-state index in [9.17, 15) is 0 Å². The van der Waals surface area contributed by atoms with Crippen molar-refractivity contribution in [2.75, 3.05) is 5.73 Å². The van der Waals surface area contributed by atoms with Gasteiger partial charge in [0.25, 0.3) is 0 Å². The number of nitrogens with zero attached hydrogens (tertiary/aromatic N) is 5. The maximum absolute atomic E-state index is 7.25. The first kappa shape index (κ1) is 35.9. The first-order chi connectivity index (χ1) is 31.6. The summed E-state index contributed by atoms with van der Waals surface area (Å²) in [6, 6.07) is 71.4. The number of para-hydroxylation sites is 3. The average molecular weight is 821 g/mol. The summed E-state index contributed by atoms with van der Waals surface area (Å²) in [4.78, 5) is 15.2. The maximum Gasteiger partial charge on any atom is 0.164 e. The second-order valence-electron chi connectivity index (χ2n) is 16.2. The zero-order valence-corrected chi connectivity index (χ0v) is 34.4. The van der Waals surface area contributed by atoms with Crippen LogP contribution in [0.25, 0.3) is 122 Å². The van der Waals surface area contributed by atoms with E-state index in [2.05, 4.69) is 161 Å². The Morgan fingerprint density at radius 2 is 0.953 bits per heavy atom. The minimum atomic E-state index is 0.544. The molecule has 0 amide bonds. The van der Waals surface area contributed by atoms with Gasteiger partial charge in [-0.1, -0.05) is 140 Å². The molecule has 0 fully saturated rings. The van der Waals surface area contributed by atoms with Crippen molar-refractivity contribution in [1.82, 2.24) is 24.1 Å². The van der Waals surface area contributed by atoms with Crippen LogP contribution in [0.1, 0.15) is 0 Å². The molecule has 0 unspecified atom stereocenters.